The van der Waals surface area contributed by atoms with Gasteiger partial charge in [0.2, 0.25) is 0 Å². The van der Waals surface area contributed by atoms with Gasteiger partial charge in [-0.15, -0.1) is 5.10 Å². The number of rotatable bonds is 9. The van der Waals surface area contributed by atoms with Crippen LogP contribution in [0.1, 0.15) is 66.6 Å². The van der Waals surface area contributed by atoms with Crippen LogP contribution in [0.4, 0.5) is 0 Å². The molecule has 0 saturated carbocycles. The maximum Gasteiger partial charge on any atom is 0.329 e. The highest BCUT2D eigenvalue weighted by Crippen LogP contribution is 2.27. The van der Waals surface area contributed by atoms with Gasteiger partial charge in [0.25, 0.3) is 11.8 Å². The summed E-state index contributed by atoms with van der Waals surface area (Å²) < 4.78 is 7.02. The third-order valence-corrected chi connectivity index (χ3v) is 4.78. The second kappa shape index (κ2) is 8.93. The molecular weight excluding hydrogens is 374 g/mol. The molecule has 1 aliphatic heterocycles. The Kier molecular flexibility index (Phi) is 6.36. The van der Waals surface area contributed by atoms with Gasteiger partial charge in [-0.3, -0.25) is 14.5 Å². The zero-order valence-corrected chi connectivity index (χ0v) is 16.9. The molecule has 1 aromatic carbocycles. The molecule has 1 atom stereocenters. The number of nitrogens with zero attached hydrogens (tertiary/aromatic N) is 5. The highest BCUT2D eigenvalue weighted by atomic mass is 16.5. The molecule has 0 saturated heterocycles. The summed E-state index contributed by atoms with van der Waals surface area (Å²) in [4.78, 5) is 39.5. The number of benzene rings is 1. The van der Waals surface area contributed by atoms with Gasteiger partial charge in [-0.1, -0.05) is 39.3 Å². The number of hydrogen-bond acceptors (Lipinski definition) is 7. The first-order valence-corrected chi connectivity index (χ1v) is 9.82. The van der Waals surface area contributed by atoms with E-state index in [9.17, 15) is 14.4 Å². The molecule has 9 heteroatoms. The van der Waals surface area contributed by atoms with Gasteiger partial charge in [0.1, 0.15) is 6.04 Å². The highest BCUT2D eigenvalue weighted by Gasteiger charge is 2.43. The average Bonchev–Trinajstić information content (AvgIpc) is 3.25. The van der Waals surface area contributed by atoms with Crippen LogP contribution in [-0.4, -0.2) is 48.9 Å². The number of ether oxygens (including phenoxy) is 1. The summed E-state index contributed by atoms with van der Waals surface area (Å²) in [6.45, 7) is 6.41. The SMILES string of the molecule is CCCCn1nnnc1COC(=O)[C@@H](CC(C)C)N1C(=O)c2ccccc2C1=O. The first-order valence-electron chi connectivity index (χ1n) is 9.82. The van der Waals surface area contributed by atoms with Crippen LogP contribution in [0.15, 0.2) is 24.3 Å². The lowest BCUT2D eigenvalue weighted by atomic mass is 10.0. The third-order valence-electron chi connectivity index (χ3n) is 4.78. The fourth-order valence-electron chi connectivity index (χ4n) is 3.28. The van der Waals surface area contributed by atoms with Crippen molar-refractivity contribution in [2.45, 2.75) is 59.2 Å². The quantitative estimate of drug-likeness (QED) is 0.470. The van der Waals surface area contributed by atoms with E-state index in [1.165, 1.54) is 0 Å². The third kappa shape index (κ3) is 4.33. The van der Waals surface area contributed by atoms with Crippen LogP contribution in [0.5, 0.6) is 0 Å². The van der Waals surface area contributed by atoms with Crippen LogP contribution >= 0.6 is 0 Å². The van der Waals surface area contributed by atoms with E-state index in [1.807, 2.05) is 13.8 Å². The van der Waals surface area contributed by atoms with E-state index in [4.69, 9.17) is 4.74 Å². The van der Waals surface area contributed by atoms with Gasteiger partial charge < -0.3 is 4.74 Å². The van der Waals surface area contributed by atoms with Crippen LogP contribution in [0, 0.1) is 5.92 Å². The Labute approximate surface area is 169 Å². The number of carbonyl (C=O) groups excluding carboxylic acids is 3. The molecule has 2 aromatic rings. The Bertz CT molecular complexity index is 873. The number of carbonyl (C=O) groups is 3. The van der Waals surface area contributed by atoms with E-state index >= 15 is 0 Å². The topological polar surface area (TPSA) is 107 Å². The molecule has 0 N–H and O–H groups in total. The molecule has 154 valence electrons. The molecular formula is C20H25N5O4. The molecule has 0 radical (unpaired) electrons. The predicted molar refractivity (Wildman–Crippen MR) is 103 cm³/mol. The second-order valence-electron chi connectivity index (χ2n) is 7.45. The molecule has 29 heavy (non-hydrogen) atoms. The van der Waals surface area contributed by atoms with E-state index in [-0.39, 0.29) is 12.5 Å². The minimum absolute atomic E-state index is 0.0757. The Balaban J connectivity index is 1.76. The summed E-state index contributed by atoms with van der Waals surface area (Å²) in [6.07, 6.45) is 2.19. The zero-order valence-electron chi connectivity index (χ0n) is 16.9. The number of tetrazole rings is 1. The maximum absolute atomic E-state index is 12.9. The highest BCUT2D eigenvalue weighted by molar-refractivity contribution is 6.22. The maximum atomic E-state index is 12.9. The summed E-state index contributed by atoms with van der Waals surface area (Å²) in [5, 5.41) is 11.4. The molecule has 0 spiro atoms. The smallest absolute Gasteiger partial charge is 0.329 e. The van der Waals surface area contributed by atoms with Gasteiger partial charge in [-0.05, 0) is 41.3 Å². The molecule has 0 bridgehead atoms. The lowest BCUT2D eigenvalue weighted by molar-refractivity contribution is -0.150. The summed E-state index contributed by atoms with van der Waals surface area (Å²) in [6, 6.07) is 5.57. The second-order valence-corrected chi connectivity index (χ2v) is 7.45. The van der Waals surface area contributed by atoms with Gasteiger partial charge in [-0.2, -0.15) is 0 Å². The fraction of sp³-hybridized carbons (Fsp3) is 0.500. The Morgan fingerprint density at radius 2 is 1.79 bits per heavy atom. The molecule has 2 amide bonds. The van der Waals surface area contributed by atoms with E-state index in [1.54, 1.807) is 28.9 Å². The van der Waals surface area contributed by atoms with Crippen LogP contribution < -0.4 is 0 Å². The van der Waals surface area contributed by atoms with Crippen molar-refractivity contribution in [1.29, 1.82) is 0 Å². The predicted octanol–water partition coefficient (Wildman–Crippen LogP) is 2.23. The average molecular weight is 399 g/mol. The number of esters is 1. The first-order chi connectivity index (χ1) is 13.9. The van der Waals surface area contributed by atoms with Crippen LogP contribution in [0.2, 0.25) is 0 Å². The molecule has 1 aliphatic rings. The first kappa shape index (κ1) is 20.6. The van der Waals surface area contributed by atoms with Gasteiger partial charge in [0.05, 0.1) is 11.1 Å². The monoisotopic (exact) mass is 399 g/mol. The molecule has 1 aromatic heterocycles. The molecule has 0 unspecified atom stereocenters. The van der Waals surface area contributed by atoms with Crippen LogP contribution in [0.25, 0.3) is 0 Å². The minimum atomic E-state index is -0.998. The number of unbranched alkanes of at least 4 members (excludes halogenated alkanes) is 1. The largest absolute Gasteiger partial charge is 0.456 e. The molecule has 0 fully saturated rings. The van der Waals surface area contributed by atoms with Crippen molar-refractivity contribution < 1.29 is 19.1 Å². The Morgan fingerprint density at radius 1 is 1.14 bits per heavy atom. The zero-order chi connectivity index (χ0) is 21.0. The van der Waals surface area contributed by atoms with E-state index in [0.717, 1.165) is 17.7 Å². The molecule has 0 aliphatic carbocycles. The Morgan fingerprint density at radius 3 is 2.38 bits per heavy atom. The fourth-order valence-corrected chi connectivity index (χ4v) is 3.28. The summed E-state index contributed by atoms with van der Waals surface area (Å²) in [5.41, 5.74) is 0.616. The molecule has 2 heterocycles. The lowest BCUT2D eigenvalue weighted by Gasteiger charge is -2.25. The van der Waals surface area contributed by atoms with Crippen molar-refractivity contribution in [1.82, 2.24) is 25.1 Å². The molecule has 3 rings (SSSR count). The molecule has 9 nitrogen and oxygen atoms in total. The van der Waals surface area contributed by atoms with Crippen molar-refractivity contribution in [2.75, 3.05) is 0 Å². The minimum Gasteiger partial charge on any atom is -0.456 e. The van der Waals surface area contributed by atoms with Gasteiger partial charge in [0, 0.05) is 6.54 Å². The normalized spacial score (nSPS) is 14.4. The van der Waals surface area contributed by atoms with Crippen molar-refractivity contribution in [3.05, 3.63) is 41.2 Å². The Hall–Kier alpha value is -3.10. The number of aryl methyl sites for hydroxylation is 1. The van der Waals surface area contributed by atoms with Crippen molar-refractivity contribution in [2.24, 2.45) is 5.92 Å². The summed E-state index contributed by atoms with van der Waals surface area (Å²) in [5.74, 6) is -1.08. The van der Waals surface area contributed by atoms with Crippen LogP contribution in [-0.2, 0) is 22.7 Å². The van der Waals surface area contributed by atoms with Crippen molar-refractivity contribution >= 4 is 17.8 Å². The summed E-state index contributed by atoms with van der Waals surface area (Å²) in [7, 11) is 0. The van der Waals surface area contributed by atoms with Crippen molar-refractivity contribution in [3.8, 4) is 0 Å². The van der Waals surface area contributed by atoms with E-state index in [2.05, 4.69) is 22.4 Å². The standard InChI is InChI=1S/C20H25N5O4/c1-4-5-10-24-17(21-22-23-24)12-29-20(28)16(11-13(2)3)25-18(26)14-8-6-7-9-15(14)19(25)27/h6-9,13,16H,4-5,10-12H2,1-3H3/t16-/m1/s1. The number of amides is 2. The number of aromatic nitrogens is 4. The van der Waals surface area contributed by atoms with Crippen molar-refractivity contribution in [3.63, 3.8) is 0 Å². The number of fused-ring (bicyclic) bond motifs is 1. The van der Waals surface area contributed by atoms with Gasteiger partial charge in [-0.25, -0.2) is 9.48 Å². The number of imide groups is 1. The summed E-state index contributed by atoms with van der Waals surface area (Å²) >= 11 is 0. The lowest BCUT2D eigenvalue weighted by Crippen LogP contribution is -2.46. The van der Waals surface area contributed by atoms with Crippen LogP contribution in [0.3, 0.4) is 0 Å². The number of hydrogen-bond donors (Lipinski definition) is 0. The van der Waals surface area contributed by atoms with E-state index in [0.29, 0.717) is 29.9 Å². The van der Waals surface area contributed by atoms with Gasteiger partial charge >= 0.3 is 5.97 Å². The van der Waals surface area contributed by atoms with E-state index < -0.39 is 23.8 Å². The van der Waals surface area contributed by atoms with Gasteiger partial charge in [0.15, 0.2) is 12.4 Å².